The summed E-state index contributed by atoms with van der Waals surface area (Å²) < 4.78 is 12.1. The molecule has 0 aliphatic carbocycles. The van der Waals surface area contributed by atoms with Gasteiger partial charge in [0.15, 0.2) is 6.29 Å². The minimum Gasteiger partial charge on any atom is -0.353 e. The van der Waals surface area contributed by atoms with Crippen LogP contribution >= 0.6 is 15.9 Å². The Labute approximate surface area is 97.9 Å². The third-order valence-corrected chi connectivity index (χ3v) is 2.77. The Bertz CT molecular complexity index is 313. The zero-order valence-corrected chi connectivity index (χ0v) is 10.1. The van der Waals surface area contributed by atoms with Crippen LogP contribution in [0.4, 0.5) is 0 Å². The second-order valence-corrected chi connectivity index (χ2v) is 4.53. The van der Waals surface area contributed by atoms with Crippen LogP contribution in [0.1, 0.15) is 24.8 Å². The van der Waals surface area contributed by atoms with Gasteiger partial charge in [0.1, 0.15) is 0 Å². The van der Waals surface area contributed by atoms with E-state index < -0.39 is 0 Å². The number of rotatable bonds is 3. The van der Waals surface area contributed by atoms with Gasteiger partial charge in [-0.05, 0) is 46.8 Å². The largest absolute Gasteiger partial charge is 0.353 e. The van der Waals surface area contributed by atoms with Crippen molar-refractivity contribution >= 4 is 15.9 Å². The third-order valence-electron chi connectivity index (χ3n) is 2.34. The lowest BCUT2D eigenvalue weighted by atomic mass is 10.2. The SMILES string of the molecule is Brc1cncc(COC2CCCCO2)c1. The Kier molecular flexibility index (Phi) is 4.11. The molecule has 0 amide bonds. The first-order chi connectivity index (χ1) is 7.34. The van der Waals surface area contributed by atoms with E-state index in [0.29, 0.717) is 6.61 Å². The maximum atomic E-state index is 5.64. The molecule has 1 aromatic rings. The highest BCUT2D eigenvalue weighted by Gasteiger charge is 2.13. The molecule has 1 aliphatic heterocycles. The number of aromatic nitrogens is 1. The summed E-state index contributed by atoms with van der Waals surface area (Å²) in [5.41, 5.74) is 1.07. The quantitative estimate of drug-likeness (QED) is 0.847. The number of pyridine rings is 1. The molecule has 1 atom stereocenters. The van der Waals surface area contributed by atoms with Gasteiger partial charge in [0, 0.05) is 23.5 Å². The van der Waals surface area contributed by atoms with E-state index in [1.54, 1.807) is 6.20 Å². The molecule has 0 spiro atoms. The average Bonchev–Trinajstić information content (AvgIpc) is 2.28. The van der Waals surface area contributed by atoms with Crippen LogP contribution in [0.3, 0.4) is 0 Å². The Morgan fingerprint density at radius 2 is 2.40 bits per heavy atom. The van der Waals surface area contributed by atoms with Crippen molar-refractivity contribution in [2.75, 3.05) is 6.61 Å². The predicted octanol–water partition coefficient (Wildman–Crippen LogP) is 2.89. The molecule has 1 aliphatic rings. The van der Waals surface area contributed by atoms with Crippen molar-refractivity contribution < 1.29 is 9.47 Å². The lowest BCUT2D eigenvalue weighted by Crippen LogP contribution is -2.22. The van der Waals surface area contributed by atoms with Crippen LogP contribution in [-0.4, -0.2) is 17.9 Å². The fourth-order valence-electron chi connectivity index (χ4n) is 1.57. The first-order valence-corrected chi connectivity index (χ1v) is 5.96. The highest BCUT2D eigenvalue weighted by atomic mass is 79.9. The van der Waals surface area contributed by atoms with Crippen molar-refractivity contribution in [3.05, 3.63) is 28.5 Å². The summed E-state index contributed by atoms with van der Waals surface area (Å²) in [6.45, 7) is 1.39. The van der Waals surface area contributed by atoms with E-state index in [1.165, 1.54) is 6.42 Å². The molecule has 0 bridgehead atoms. The molecule has 0 N–H and O–H groups in total. The first-order valence-electron chi connectivity index (χ1n) is 5.17. The molecule has 0 radical (unpaired) electrons. The predicted molar refractivity (Wildman–Crippen MR) is 60.3 cm³/mol. The zero-order valence-electron chi connectivity index (χ0n) is 8.49. The molecule has 1 fully saturated rings. The van der Waals surface area contributed by atoms with Gasteiger partial charge in [0.2, 0.25) is 0 Å². The van der Waals surface area contributed by atoms with E-state index in [-0.39, 0.29) is 6.29 Å². The molecular formula is C11H14BrNO2. The van der Waals surface area contributed by atoms with Crippen LogP contribution in [0.5, 0.6) is 0 Å². The fourth-order valence-corrected chi connectivity index (χ4v) is 1.98. The molecule has 3 nitrogen and oxygen atoms in total. The number of hydrogen-bond donors (Lipinski definition) is 0. The third kappa shape index (κ3) is 3.55. The Morgan fingerprint density at radius 1 is 1.47 bits per heavy atom. The topological polar surface area (TPSA) is 31.4 Å². The van der Waals surface area contributed by atoms with Gasteiger partial charge in [-0.15, -0.1) is 0 Å². The summed E-state index contributed by atoms with van der Waals surface area (Å²) in [5.74, 6) is 0. The molecule has 0 aromatic carbocycles. The number of ether oxygens (including phenoxy) is 2. The smallest absolute Gasteiger partial charge is 0.158 e. The molecule has 2 heterocycles. The van der Waals surface area contributed by atoms with Crippen molar-refractivity contribution in [2.45, 2.75) is 32.2 Å². The summed E-state index contributed by atoms with van der Waals surface area (Å²) >= 11 is 3.38. The second kappa shape index (κ2) is 5.58. The van der Waals surface area contributed by atoms with Gasteiger partial charge in [-0.3, -0.25) is 4.98 Å². The molecule has 1 unspecified atom stereocenters. The summed E-state index contributed by atoms with van der Waals surface area (Å²) in [7, 11) is 0. The van der Waals surface area contributed by atoms with Gasteiger partial charge in [0.05, 0.1) is 6.61 Å². The standard InChI is InChI=1S/C11H14BrNO2/c12-10-5-9(6-13-7-10)8-15-11-3-1-2-4-14-11/h5-7,11H,1-4,8H2. The maximum Gasteiger partial charge on any atom is 0.158 e. The fraction of sp³-hybridized carbons (Fsp3) is 0.545. The summed E-state index contributed by atoms with van der Waals surface area (Å²) in [4.78, 5) is 4.08. The van der Waals surface area contributed by atoms with E-state index in [2.05, 4.69) is 20.9 Å². The van der Waals surface area contributed by atoms with Crippen LogP contribution in [-0.2, 0) is 16.1 Å². The van der Waals surface area contributed by atoms with Gasteiger partial charge < -0.3 is 9.47 Å². The van der Waals surface area contributed by atoms with E-state index in [1.807, 2.05) is 12.3 Å². The van der Waals surface area contributed by atoms with Crippen molar-refractivity contribution in [1.82, 2.24) is 4.98 Å². The van der Waals surface area contributed by atoms with Crippen molar-refractivity contribution in [3.8, 4) is 0 Å². The average molecular weight is 272 g/mol. The molecule has 1 saturated heterocycles. The van der Waals surface area contributed by atoms with E-state index in [0.717, 1.165) is 29.5 Å². The molecule has 82 valence electrons. The van der Waals surface area contributed by atoms with Gasteiger partial charge in [-0.1, -0.05) is 0 Å². The Hall–Kier alpha value is -0.450. The van der Waals surface area contributed by atoms with Crippen molar-refractivity contribution in [3.63, 3.8) is 0 Å². The van der Waals surface area contributed by atoms with Gasteiger partial charge in [0.25, 0.3) is 0 Å². The Morgan fingerprint density at radius 3 is 3.13 bits per heavy atom. The van der Waals surface area contributed by atoms with E-state index >= 15 is 0 Å². The lowest BCUT2D eigenvalue weighted by Gasteiger charge is -2.22. The maximum absolute atomic E-state index is 5.64. The normalized spacial score (nSPS) is 21.5. The van der Waals surface area contributed by atoms with Gasteiger partial charge in [-0.25, -0.2) is 0 Å². The van der Waals surface area contributed by atoms with Crippen molar-refractivity contribution in [1.29, 1.82) is 0 Å². The molecule has 2 rings (SSSR count). The van der Waals surface area contributed by atoms with Crippen LogP contribution in [0.15, 0.2) is 22.9 Å². The van der Waals surface area contributed by atoms with Crippen LogP contribution < -0.4 is 0 Å². The van der Waals surface area contributed by atoms with E-state index in [4.69, 9.17) is 9.47 Å². The minimum atomic E-state index is -0.0299. The molecule has 15 heavy (non-hydrogen) atoms. The highest BCUT2D eigenvalue weighted by Crippen LogP contribution is 2.16. The zero-order chi connectivity index (χ0) is 10.5. The monoisotopic (exact) mass is 271 g/mol. The number of halogens is 1. The molecular weight excluding hydrogens is 258 g/mol. The summed E-state index contributed by atoms with van der Waals surface area (Å²) in [5, 5.41) is 0. The van der Waals surface area contributed by atoms with Gasteiger partial charge in [-0.2, -0.15) is 0 Å². The summed E-state index contributed by atoms with van der Waals surface area (Å²) in [6, 6.07) is 2.01. The first kappa shape index (κ1) is 11.0. The number of nitrogens with zero attached hydrogens (tertiary/aromatic N) is 1. The second-order valence-electron chi connectivity index (χ2n) is 3.62. The van der Waals surface area contributed by atoms with Crippen LogP contribution in [0.25, 0.3) is 0 Å². The molecule has 4 heteroatoms. The van der Waals surface area contributed by atoms with Crippen LogP contribution in [0.2, 0.25) is 0 Å². The Balaban J connectivity index is 1.81. The molecule has 1 aromatic heterocycles. The summed E-state index contributed by atoms with van der Waals surface area (Å²) in [6.07, 6.45) is 6.90. The van der Waals surface area contributed by atoms with Gasteiger partial charge >= 0.3 is 0 Å². The van der Waals surface area contributed by atoms with Crippen molar-refractivity contribution in [2.24, 2.45) is 0 Å². The minimum absolute atomic E-state index is 0.0299. The molecule has 0 saturated carbocycles. The van der Waals surface area contributed by atoms with E-state index in [9.17, 15) is 0 Å². The number of hydrogen-bond acceptors (Lipinski definition) is 3. The lowest BCUT2D eigenvalue weighted by molar-refractivity contribution is -0.168. The van der Waals surface area contributed by atoms with Crippen LogP contribution in [0, 0.1) is 0 Å². The highest BCUT2D eigenvalue weighted by molar-refractivity contribution is 9.10.